The number of nitrogens with zero attached hydrogens (tertiary/aromatic N) is 2. The molecule has 25 heavy (non-hydrogen) atoms. The Labute approximate surface area is 148 Å². The number of rotatable bonds is 6. The molecule has 3 rings (SSSR count). The lowest BCUT2D eigenvalue weighted by atomic mass is 9.62. The lowest BCUT2D eigenvalue weighted by Gasteiger charge is -2.41. The maximum Gasteiger partial charge on any atom is 0.317 e. The van der Waals surface area contributed by atoms with Gasteiger partial charge in [-0.1, -0.05) is 12.5 Å². The van der Waals surface area contributed by atoms with E-state index in [-0.39, 0.29) is 23.3 Å². The standard InChI is InChI=1S/C18H26N4O3/c1-25-10-9-20-17(24)22-12-15(18(13-22)6-4-7-18)16(23)21-11-14-5-2-3-8-19-14/h2-3,5,8,15H,4,6-7,9-13H2,1H3,(H,20,24)(H,21,23). The first-order valence-corrected chi connectivity index (χ1v) is 8.84. The number of carbonyl (C=O) groups excluding carboxylic acids is 2. The lowest BCUT2D eigenvalue weighted by Crippen LogP contribution is -2.45. The van der Waals surface area contributed by atoms with Gasteiger partial charge in [-0.2, -0.15) is 0 Å². The van der Waals surface area contributed by atoms with E-state index in [2.05, 4.69) is 15.6 Å². The Hall–Kier alpha value is -2.15. The van der Waals surface area contributed by atoms with Crippen LogP contribution < -0.4 is 10.6 Å². The zero-order valence-corrected chi connectivity index (χ0v) is 14.7. The smallest absolute Gasteiger partial charge is 0.317 e. The van der Waals surface area contributed by atoms with Crippen molar-refractivity contribution >= 4 is 11.9 Å². The number of pyridine rings is 1. The molecule has 1 atom stereocenters. The fourth-order valence-electron chi connectivity index (χ4n) is 3.80. The molecule has 2 aliphatic rings. The predicted molar refractivity (Wildman–Crippen MR) is 92.7 cm³/mol. The van der Waals surface area contributed by atoms with Gasteiger partial charge in [0, 0.05) is 38.4 Å². The van der Waals surface area contributed by atoms with Crippen LogP contribution in [0.25, 0.3) is 0 Å². The summed E-state index contributed by atoms with van der Waals surface area (Å²) < 4.78 is 4.96. The molecular formula is C18H26N4O3. The minimum atomic E-state index is -0.141. The molecule has 0 radical (unpaired) electrons. The zero-order chi connectivity index (χ0) is 17.7. The van der Waals surface area contributed by atoms with Gasteiger partial charge in [0.25, 0.3) is 0 Å². The maximum atomic E-state index is 12.7. The van der Waals surface area contributed by atoms with Gasteiger partial charge in [0.1, 0.15) is 0 Å². The summed E-state index contributed by atoms with van der Waals surface area (Å²) in [5.41, 5.74) is 0.790. The third kappa shape index (κ3) is 3.92. The number of aromatic nitrogens is 1. The van der Waals surface area contributed by atoms with Gasteiger partial charge in [-0.15, -0.1) is 0 Å². The number of hydrogen-bond acceptors (Lipinski definition) is 4. The van der Waals surface area contributed by atoms with E-state index in [0.717, 1.165) is 25.0 Å². The molecule has 1 aliphatic carbocycles. The van der Waals surface area contributed by atoms with Crippen LogP contribution in [0.1, 0.15) is 25.0 Å². The summed E-state index contributed by atoms with van der Waals surface area (Å²) in [6, 6.07) is 5.54. The van der Waals surface area contributed by atoms with Crippen molar-refractivity contribution in [1.82, 2.24) is 20.5 Å². The third-order valence-corrected chi connectivity index (χ3v) is 5.35. The average Bonchev–Trinajstić information content (AvgIpc) is 3.02. The van der Waals surface area contributed by atoms with E-state index in [0.29, 0.717) is 32.8 Å². The van der Waals surface area contributed by atoms with E-state index in [1.54, 1.807) is 18.2 Å². The van der Waals surface area contributed by atoms with Crippen LogP contribution >= 0.6 is 0 Å². The van der Waals surface area contributed by atoms with E-state index in [4.69, 9.17) is 4.74 Å². The summed E-state index contributed by atoms with van der Waals surface area (Å²) in [5, 5.41) is 5.85. The van der Waals surface area contributed by atoms with Crippen LogP contribution in [0.15, 0.2) is 24.4 Å². The molecule has 2 fully saturated rings. The number of carbonyl (C=O) groups is 2. The van der Waals surface area contributed by atoms with Gasteiger partial charge in [-0.3, -0.25) is 9.78 Å². The summed E-state index contributed by atoms with van der Waals surface area (Å²) in [7, 11) is 1.60. The highest BCUT2D eigenvalue weighted by molar-refractivity contribution is 5.82. The Kier molecular flexibility index (Phi) is 5.53. The van der Waals surface area contributed by atoms with Gasteiger partial charge in [-0.25, -0.2) is 4.79 Å². The molecule has 2 N–H and O–H groups in total. The average molecular weight is 346 g/mol. The first kappa shape index (κ1) is 17.7. The maximum absolute atomic E-state index is 12.7. The number of likely N-dealkylation sites (tertiary alicyclic amines) is 1. The van der Waals surface area contributed by atoms with Crippen molar-refractivity contribution in [3.8, 4) is 0 Å². The third-order valence-electron chi connectivity index (χ3n) is 5.35. The second kappa shape index (κ2) is 7.82. The summed E-state index contributed by atoms with van der Waals surface area (Å²) in [6.45, 7) is 2.53. The van der Waals surface area contributed by atoms with Crippen LogP contribution in [0.3, 0.4) is 0 Å². The Morgan fingerprint density at radius 2 is 2.20 bits per heavy atom. The zero-order valence-electron chi connectivity index (χ0n) is 14.7. The molecule has 1 aromatic heterocycles. The molecule has 3 amide bonds. The molecule has 1 spiro atoms. The van der Waals surface area contributed by atoms with E-state index < -0.39 is 0 Å². The minimum Gasteiger partial charge on any atom is -0.383 e. The molecule has 1 unspecified atom stereocenters. The van der Waals surface area contributed by atoms with E-state index in [1.165, 1.54) is 0 Å². The molecule has 136 valence electrons. The van der Waals surface area contributed by atoms with Crippen LogP contribution in [-0.4, -0.2) is 55.2 Å². The van der Waals surface area contributed by atoms with Crippen LogP contribution in [0.2, 0.25) is 0 Å². The van der Waals surface area contributed by atoms with Gasteiger partial charge in [0.05, 0.1) is 24.8 Å². The Balaban J connectivity index is 1.57. The minimum absolute atomic E-state index is 0.0255. The normalized spacial score (nSPS) is 21.0. The molecule has 1 saturated carbocycles. The molecule has 1 aromatic rings. The van der Waals surface area contributed by atoms with Crippen molar-refractivity contribution in [3.05, 3.63) is 30.1 Å². The monoisotopic (exact) mass is 346 g/mol. The van der Waals surface area contributed by atoms with Crippen molar-refractivity contribution in [3.63, 3.8) is 0 Å². The van der Waals surface area contributed by atoms with Crippen LogP contribution in [0.4, 0.5) is 4.79 Å². The second-order valence-electron chi connectivity index (χ2n) is 6.91. The van der Waals surface area contributed by atoms with Crippen LogP contribution in [0.5, 0.6) is 0 Å². The Morgan fingerprint density at radius 3 is 2.84 bits per heavy atom. The largest absolute Gasteiger partial charge is 0.383 e. The Bertz CT molecular complexity index is 604. The molecule has 1 saturated heterocycles. The summed E-state index contributed by atoms with van der Waals surface area (Å²) in [4.78, 5) is 31.1. The van der Waals surface area contributed by atoms with Gasteiger partial charge < -0.3 is 20.3 Å². The van der Waals surface area contributed by atoms with Gasteiger partial charge in [0.2, 0.25) is 5.91 Å². The predicted octanol–water partition coefficient (Wildman–Crippen LogP) is 1.16. The first-order chi connectivity index (χ1) is 12.1. The van der Waals surface area contributed by atoms with Crippen molar-refractivity contribution in [2.24, 2.45) is 11.3 Å². The molecule has 2 heterocycles. The number of urea groups is 1. The van der Waals surface area contributed by atoms with Crippen molar-refractivity contribution in [2.45, 2.75) is 25.8 Å². The van der Waals surface area contributed by atoms with E-state index in [9.17, 15) is 9.59 Å². The van der Waals surface area contributed by atoms with Crippen LogP contribution in [0, 0.1) is 11.3 Å². The number of amides is 3. The number of methoxy groups -OCH3 is 1. The van der Waals surface area contributed by atoms with Gasteiger partial charge in [0.15, 0.2) is 0 Å². The highest BCUT2D eigenvalue weighted by Crippen LogP contribution is 2.51. The van der Waals surface area contributed by atoms with Crippen molar-refractivity contribution in [2.75, 3.05) is 33.4 Å². The Morgan fingerprint density at radius 1 is 1.36 bits per heavy atom. The van der Waals surface area contributed by atoms with E-state index >= 15 is 0 Å². The molecule has 0 aromatic carbocycles. The lowest BCUT2D eigenvalue weighted by molar-refractivity contribution is -0.129. The number of nitrogens with one attached hydrogen (secondary N) is 2. The SMILES string of the molecule is COCCNC(=O)N1CC(C(=O)NCc2ccccn2)C2(CCC2)C1. The molecule has 0 bridgehead atoms. The fraction of sp³-hybridized carbons (Fsp3) is 0.611. The van der Waals surface area contributed by atoms with Crippen LogP contribution in [-0.2, 0) is 16.1 Å². The quantitative estimate of drug-likeness (QED) is 0.757. The van der Waals surface area contributed by atoms with E-state index in [1.807, 2.05) is 18.2 Å². The highest BCUT2D eigenvalue weighted by Gasteiger charge is 2.54. The molecule has 7 nitrogen and oxygen atoms in total. The fourth-order valence-corrected chi connectivity index (χ4v) is 3.80. The summed E-state index contributed by atoms with van der Waals surface area (Å²) in [5.74, 6) is -0.115. The van der Waals surface area contributed by atoms with Gasteiger partial charge in [-0.05, 0) is 25.0 Å². The molecule has 7 heteroatoms. The molecule has 1 aliphatic heterocycles. The van der Waals surface area contributed by atoms with Crippen molar-refractivity contribution < 1.29 is 14.3 Å². The highest BCUT2D eigenvalue weighted by atomic mass is 16.5. The molecular weight excluding hydrogens is 320 g/mol. The first-order valence-electron chi connectivity index (χ1n) is 8.84. The second-order valence-corrected chi connectivity index (χ2v) is 6.91. The number of ether oxygens (including phenoxy) is 1. The summed E-state index contributed by atoms with van der Waals surface area (Å²) >= 11 is 0. The van der Waals surface area contributed by atoms with Crippen molar-refractivity contribution in [1.29, 1.82) is 0 Å². The topological polar surface area (TPSA) is 83.6 Å². The number of hydrogen-bond donors (Lipinski definition) is 2. The summed E-state index contributed by atoms with van der Waals surface area (Å²) in [6.07, 6.45) is 4.87. The van der Waals surface area contributed by atoms with Gasteiger partial charge >= 0.3 is 6.03 Å².